The average Bonchev–Trinajstić information content (AvgIpc) is 2.51. The lowest BCUT2D eigenvalue weighted by Crippen LogP contribution is -2.07. The van der Waals surface area contributed by atoms with Crippen LogP contribution in [0.3, 0.4) is 0 Å². The first-order valence-corrected chi connectivity index (χ1v) is 9.95. The van der Waals surface area contributed by atoms with E-state index in [4.69, 9.17) is 11.6 Å². The second-order valence-electron chi connectivity index (χ2n) is 5.19. The monoisotopic (exact) mass is 334 g/mol. The molecule has 0 spiro atoms. The number of thioether (sulfide) groups is 1. The van der Waals surface area contributed by atoms with Gasteiger partial charge in [0.15, 0.2) is 0 Å². The topological polar surface area (TPSA) is 20.2 Å². The van der Waals surface area contributed by atoms with Gasteiger partial charge < -0.3 is 5.11 Å². The molecule has 0 aromatic carbocycles. The summed E-state index contributed by atoms with van der Waals surface area (Å²) >= 11 is 7.32. The summed E-state index contributed by atoms with van der Waals surface area (Å²) in [5.74, 6) is 2.45. The summed E-state index contributed by atoms with van der Waals surface area (Å²) in [5.41, 5.74) is 0. The highest BCUT2D eigenvalue weighted by molar-refractivity contribution is 7.99. The van der Waals surface area contributed by atoms with Crippen molar-refractivity contribution in [3.8, 4) is 0 Å². The number of rotatable bonds is 14. The summed E-state index contributed by atoms with van der Waals surface area (Å²) in [5, 5.41) is 9.20. The molecule has 0 aliphatic carbocycles. The zero-order valence-electron chi connectivity index (χ0n) is 13.9. The predicted molar refractivity (Wildman–Crippen MR) is 102 cm³/mol. The molecule has 21 heavy (non-hydrogen) atoms. The Balaban J connectivity index is 0. The molecule has 0 amide bonds. The van der Waals surface area contributed by atoms with Crippen molar-refractivity contribution in [3.05, 3.63) is 25.3 Å². The minimum Gasteiger partial charge on any atom is -0.392 e. The Morgan fingerprint density at radius 2 is 1.43 bits per heavy atom. The van der Waals surface area contributed by atoms with Gasteiger partial charge in [-0.1, -0.05) is 70.4 Å². The van der Waals surface area contributed by atoms with Crippen LogP contribution in [-0.2, 0) is 0 Å². The average molecular weight is 335 g/mol. The number of alkyl halides is 1. The molecule has 0 aromatic rings. The molecule has 1 N–H and O–H groups in total. The second kappa shape index (κ2) is 22.4. The van der Waals surface area contributed by atoms with Crippen LogP contribution in [0, 0.1) is 0 Å². The highest BCUT2D eigenvalue weighted by Gasteiger charge is 2.00. The van der Waals surface area contributed by atoms with Crippen LogP contribution in [0.15, 0.2) is 25.3 Å². The molecule has 1 nitrogen and oxygen atoms in total. The summed E-state index contributed by atoms with van der Waals surface area (Å²) in [6, 6.07) is 0. The van der Waals surface area contributed by atoms with Gasteiger partial charge >= 0.3 is 0 Å². The van der Waals surface area contributed by atoms with Crippen molar-refractivity contribution < 1.29 is 5.11 Å². The van der Waals surface area contributed by atoms with Gasteiger partial charge in [0, 0.05) is 17.4 Å². The fourth-order valence-corrected chi connectivity index (χ4v) is 2.45. The third-order valence-corrected chi connectivity index (χ3v) is 4.34. The van der Waals surface area contributed by atoms with E-state index in [1.807, 2.05) is 23.9 Å². The maximum absolute atomic E-state index is 9.20. The molecule has 0 bridgehead atoms. The van der Waals surface area contributed by atoms with Gasteiger partial charge in [-0.3, -0.25) is 0 Å². The quantitative estimate of drug-likeness (QED) is 0.231. The van der Waals surface area contributed by atoms with E-state index in [-0.39, 0.29) is 6.10 Å². The third kappa shape index (κ3) is 25.4. The van der Waals surface area contributed by atoms with E-state index < -0.39 is 0 Å². The molecule has 0 rings (SSSR count). The number of aliphatic hydroxyl groups is 1. The molecule has 1 unspecified atom stereocenters. The molecule has 0 saturated carbocycles. The molecule has 3 heteroatoms. The van der Waals surface area contributed by atoms with Gasteiger partial charge in [-0.05, 0) is 6.42 Å². The molecule has 0 aromatic heterocycles. The lowest BCUT2D eigenvalue weighted by atomic mass is 10.1. The van der Waals surface area contributed by atoms with Crippen LogP contribution in [0.4, 0.5) is 0 Å². The smallest absolute Gasteiger partial charge is 0.0675 e. The Morgan fingerprint density at radius 3 is 1.86 bits per heavy atom. The first kappa shape index (κ1) is 23.3. The van der Waals surface area contributed by atoms with Crippen molar-refractivity contribution >= 4 is 23.4 Å². The molecule has 0 heterocycles. The molecule has 0 aliphatic heterocycles. The fraction of sp³-hybridized carbons (Fsp3) is 0.778. The van der Waals surface area contributed by atoms with Crippen molar-refractivity contribution in [2.75, 3.05) is 17.4 Å². The zero-order chi connectivity index (χ0) is 16.2. The first-order chi connectivity index (χ1) is 10.2. The van der Waals surface area contributed by atoms with E-state index in [1.165, 1.54) is 44.9 Å². The summed E-state index contributed by atoms with van der Waals surface area (Å²) in [4.78, 5) is 0. The Morgan fingerprint density at radius 1 is 0.952 bits per heavy atom. The normalized spacial score (nSPS) is 11.4. The van der Waals surface area contributed by atoms with Crippen molar-refractivity contribution in [3.63, 3.8) is 0 Å². The highest BCUT2D eigenvalue weighted by Crippen LogP contribution is 2.10. The van der Waals surface area contributed by atoms with E-state index in [1.54, 1.807) is 0 Å². The molecule has 0 saturated heterocycles. The SMILES string of the molecule is C=CCSCC=C.CCCCCCCCCCC(O)CCl. The lowest BCUT2D eigenvalue weighted by molar-refractivity contribution is 0.183. The van der Waals surface area contributed by atoms with Gasteiger partial charge in [-0.15, -0.1) is 24.8 Å². The van der Waals surface area contributed by atoms with Crippen molar-refractivity contribution in [1.82, 2.24) is 0 Å². The minimum absolute atomic E-state index is 0.281. The largest absolute Gasteiger partial charge is 0.392 e. The van der Waals surface area contributed by atoms with Gasteiger partial charge in [-0.25, -0.2) is 0 Å². The van der Waals surface area contributed by atoms with E-state index in [0.717, 1.165) is 24.3 Å². The number of hydrogen-bond acceptors (Lipinski definition) is 2. The highest BCUT2D eigenvalue weighted by atomic mass is 35.5. The summed E-state index contributed by atoms with van der Waals surface area (Å²) < 4.78 is 0. The molecular weight excluding hydrogens is 300 g/mol. The molecule has 126 valence electrons. The van der Waals surface area contributed by atoms with Crippen LogP contribution < -0.4 is 0 Å². The zero-order valence-corrected chi connectivity index (χ0v) is 15.4. The maximum Gasteiger partial charge on any atom is 0.0675 e. The van der Waals surface area contributed by atoms with Gasteiger partial charge in [0.1, 0.15) is 0 Å². The Labute approximate surface area is 142 Å². The van der Waals surface area contributed by atoms with E-state index >= 15 is 0 Å². The van der Waals surface area contributed by atoms with E-state index in [9.17, 15) is 5.11 Å². The standard InChI is InChI=1S/C12H25ClO.C6H10S/c1-2-3-4-5-6-7-8-9-10-12(14)11-13;1-3-5-7-6-4-2/h12,14H,2-11H2,1H3;3-4H,1-2,5-6H2. The molecule has 0 aliphatic rings. The van der Waals surface area contributed by atoms with Crippen LogP contribution in [0.1, 0.15) is 64.7 Å². The van der Waals surface area contributed by atoms with Crippen molar-refractivity contribution in [2.45, 2.75) is 70.8 Å². The van der Waals surface area contributed by atoms with Crippen molar-refractivity contribution in [1.29, 1.82) is 0 Å². The Hall–Kier alpha value is 0.0800. The Bertz CT molecular complexity index is 201. The van der Waals surface area contributed by atoms with Crippen molar-refractivity contribution in [2.24, 2.45) is 0 Å². The van der Waals surface area contributed by atoms with Gasteiger partial charge in [-0.2, -0.15) is 11.8 Å². The Kier molecular flexibility index (Phi) is 24.9. The van der Waals surface area contributed by atoms with Crippen LogP contribution >= 0.6 is 23.4 Å². The first-order valence-electron chi connectivity index (χ1n) is 8.26. The third-order valence-electron chi connectivity index (χ3n) is 3.04. The van der Waals surface area contributed by atoms with Crippen LogP contribution in [0.25, 0.3) is 0 Å². The predicted octanol–water partition coefficient (Wildman–Crippen LogP) is 6.21. The maximum atomic E-state index is 9.20. The minimum atomic E-state index is -0.281. The second-order valence-corrected chi connectivity index (χ2v) is 6.57. The van der Waals surface area contributed by atoms with Gasteiger partial charge in [0.05, 0.1) is 6.10 Å². The molecular formula is C18H35ClOS. The van der Waals surface area contributed by atoms with E-state index in [2.05, 4.69) is 20.1 Å². The lowest BCUT2D eigenvalue weighted by Gasteiger charge is -2.05. The summed E-state index contributed by atoms with van der Waals surface area (Å²) in [7, 11) is 0. The van der Waals surface area contributed by atoms with Gasteiger partial charge in [0.25, 0.3) is 0 Å². The van der Waals surface area contributed by atoms with Crippen LogP contribution in [0.5, 0.6) is 0 Å². The molecule has 0 radical (unpaired) electrons. The van der Waals surface area contributed by atoms with Crippen LogP contribution in [0.2, 0.25) is 0 Å². The van der Waals surface area contributed by atoms with Gasteiger partial charge in [0.2, 0.25) is 0 Å². The number of aliphatic hydroxyl groups excluding tert-OH is 1. The van der Waals surface area contributed by atoms with E-state index in [0.29, 0.717) is 5.88 Å². The summed E-state index contributed by atoms with van der Waals surface area (Å²) in [6.07, 6.45) is 14.9. The summed E-state index contributed by atoms with van der Waals surface area (Å²) in [6.45, 7) is 9.40. The molecule has 0 fully saturated rings. The fourth-order valence-electron chi connectivity index (χ4n) is 1.83. The number of hydrogen-bond donors (Lipinski definition) is 1. The number of unbranched alkanes of at least 4 members (excludes halogenated alkanes) is 7. The molecule has 1 atom stereocenters. The van der Waals surface area contributed by atoms with Crippen LogP contribution in [-0.4, -0.2) is 28.6 Å². The number of halogens is 1.